The molecule has 5 nitrogen and oxygen atoms in total. The molecule has 1 fully saturated rings. The summed E-state index contributed by atoms with van der Waals surface area (Å²) in [6.07, 6.45) is 0. The minimum atomic E-state index is -0.996. The van der Waals surface area contributed by atoms with Crippen LogP contribution in [0.2, 0.25) is 0 Å². The molecule has 0 saturated carbocycles. The van der Waals surface area contributed by atoms with Gasteiger partial charge in [-0.1, -0.05) is 24.3 Å². The predicted molar refractivity (Wildman–Crippen MR) is 67.0 cm³/mol. The molecular formula is C12H11NO4S. The Kier molecular flexibility index (Phi) is 3.49. The summed E-state index contributed by atoms with van der Waals surface area (Å²) in [7, 11) is 0. The van der Waals surface area contributed by atoms with Gasteiger partial charge in [0.1, 0.15) is 0 Å². The van der Waals surface area contributed by atoms with Gasteiger partial charge in [0.25, 0.3) is 6.47 Å². The number of fused-ring (bicyclic) bond motifs is 1. The molecule has 1 aromatic carbocycles. The lowest BCUT2D eigenvalue weighted by Gasteiger charge is -2.17. The molecule has 1 aliphatic carbocycles. The maximum atomic E-state index is 12.1. The van der Waals surface area contributed by atoms with Gasteiger partial charge in [0.05, 0.1) is 0 Å². The molecule has 1 saturated heterocycles. The number of hydrogen-bond donors (Lipinski definition) is 2. The fourth-order valence-corrected chi connectivity index (χ4v) is 3.33. The Morgan fingerprint density at radius 3 is 2.11 bits per heavy atom. The molecule has 0 unspecified atom stereocenters. The SMILES string of the molecule is O=C1c2ccccc2C(=O)C12NCCS2.O=CO. The average Bonchev–Trinajstić information content (AvgIpc) is 2.94. The first-order valence-corrected chi connectivity index (χ1v) is 6.31. The van der Waals surface area contributed by atoms with Gasteiger partial charge in [0.15, 0.2) is 4.87 Å². The van der Waals surface area contributed by atoms with Gasteiger partial charge in [-0.2, -0.15) is 0 Å². The van der Waals surface area contributed by atoms with Crippen LogP contribution in [0.3, 0.4) is 0 Å². The summed E-state index contributed by atoms with van der Waals surface area (Å²) in [5, 5.41) is 9.93. The number of carbonyl (C=O) groups excluding carboxylic acids is 2. The Balaban J connectivity index is 0.000000367. The van der Waals surface area contributed by atoms with Crippen LogP contribution in [0.1, 0.15) is 20.7 Å². The summed E-state index contributed by atoms with van der Waals surface area (Å²) in [4.78, 5) is 31.6. The van der Waals surface area contributed by atoms with E-state index in [0.29, 0.717) is 11.1 Å². The van der Waals surface area contributed by atoms with E-state index in [0.717, 1.165) is 12.3 Å². The third-order valence-corrected chi connectivity index (χ3v) is 4.21. The highest BCUT2D eigenvalue weighted by Gasteiger charge is 2.55. The maximum Gasteiger partial charge on any atom is 0.290 e. The first-order chi connectivity index (χ1) is 8.67. The van der Waals surface area contributed by atoms with Crippen molar-refractivity contribution >= 4 is 29.8 Å². The number of thioether (sulfide) groups is 1. The number of carboxylic acid groups (broad SMARTS) is 1. The van der Waals surface area contributed by atoms with Crippen LogP contribution in [0.25, 0.3) is 0 Å². The Bertz CT molecular complexity index is 472. The zero-order chi connectivity index (χ0) is 13.2. The number of hydrogen-bond acceptors (Lipinski definition) is 5. The van der Waals surface area contributed by atoms with Crippen molar-refractivity contribution in [1.82, 2.24) is 5.32 Å². The monoisotopic (exact) mass is 265 g/mol. The van der Waals surface area contributed by atoms with Gasteiger partial charge in [0.2, 0.25) is 11.6 Å². The Hall–Kier alpha value is -1.66. The first-order valence-electron chi connectivity index (χ1n) is 5.33. The van der Waals surface area contributed by atoms with E-state index in [1.165, 1.54) is 11.8 Å². The van der Waals surface area contributed by atoms with E-state index in [9.17, 15) is 9.59 Å². The molecule has 2 N–H and O–H groups in total. The van der Waals surface area contributed by atoms with Crippen molar-refractivity contribution in [3.05, 3.63) is 35.4 Å². The van der Waals surface area contributed by atoms with Gasteiger partial charge in [-0.3, -0.25) is 19.7 Å². The van der Waals surface area contributed by atoms with Gasteiger partial charge >= 0.3 is 0 Å². The number of Topliss-reactive ketones (excluding diaryl/α,β-unsaturated/α-hetero) is 2. The van der Waals surface area contributed by atoms with Crippen molar-refractivity contribution in [3.8, 4) is 0 Å². The van der Waals surface area contributed by atoms with E-state index < -0.39 is 4.87 Å². The molecule has 1 heterocycles. The lowest BCUT2D eigenvalue weighted by Crippen LogP contribution is -2.47. The quantitative estimate of drug-likeness (QED) is 0.533. The number of carbonyl (C=O) groups is 3. The minimum absolute atomic E-state index is 0.0781. The maximum absolute atomic E-state index is 12.1. The highest BCUT2D eigenvalue weighted by atomic mass is 32.2. The average molecular weight is 265 g/mol. The van der Waals surface area contributed by atoms with E-state index in [1.54, 1.807) is 24.3 Å². The summed E-state index contributed by atoms with van der Waals surface area (Å²) in [6, 6.07) is 7.04. The molecule has 0 atom stereocenters. The van der Waals surface area contributed by atoms with Crippen molar-refractivity contribution < 1.29 is 19.5 Å². The van der Waals surface area contributed by atoms with Crippen LogP contribution in [0.15, 0.2) is 24.3 Å². The summed E-state index contributed by atoms with van der Waals surface area (Å²) in [6.45, 7) is 0.468. The molecule has 0 aromatic heterocycles. The zero-order valence-electron chi connectivity index (χ0n) is 9.38. The Labute approximate surface area is 108 Å². The Morgan fingerprint density at radius 2 is 1.72 bits per heavy atom. The molecule has 0 amide bonds. The van der Waals surface area contributed by atoms with Gasteiger partial charge in [-0.25, -0.2) is 0 Å². The van der Waals surface area contributed by atoms with E-state index >= 15 is 0 Å². The summed E-state index contributed by atoms with van der Waals surface area (Å²) in [5.74, 6) is 0.655. The summed E-state index contributed by atoms with van der Waals surface area (Å²) >= 11 is 1.41. The van der Waals surface area contributed by atoms with E-state index in [2.05, 4.69) is 5.32 Å². The predicted octanol–water partition coefficient (Wildman–Crippen LogP) is 0.799. The van der Waals surface area contributed by atoms with Crippen LogP contribution in [-0.2, 0) is 4.79 Å². The molecule has 0 bridgehead atoms. The third-order valence-electron chi connectivity index (χ3n) is 2.85. The normalized spacial score (nSPS) is 19.3. The second-order valence-electron chi connectivity index (χ2n) is 3.77. The number of rotatable bonds is 0. The standard InChI is InChI=1S/C11H9NO2S.CH2O2/c13-9-7-3-1-2-4-8(7)10(14)11(9)12-5-6-15-11;2-1-3/h1-4,12H,5-6H2;1H,(H,2,3). The molecule has 2 aliphatic rings. The summed E-state index contributed by atoms with van der Waals surface area (Å²) < 4.78 is 0. The molecule has 1 spiro atoms. The molecule has 18 heavy (non-hydrogen) atoms. The molecule has 6 heteroatoms. The minimum Gasteiger partial charge on any atom is -0.483 e. The second-order valence-corrected chi connectivity index (χ2v) is 5.07. The van der Waals surface area contributed by atoms with Gasteiger partial charge in [0, 0.05) is 23.4 Å². The van der Waals surface area contributed by atoms with E-state index in [-0.39, 0.29) is 18.0 Å². The van der Waals surface area contributed by atoms with Crippen LogP contribution in [0, 0.1) is 0 Å². The van der Waals surface area contributed by atoms with E-state index in [1.807, 2.05) is 0 Å². The van der Waals surface area contributed by atoms with Crippen LogP contribution in [-0.4, -0.2) is 40.3 Å². The smallest absolute Gasteiger partial charge is 0.290 e. The van der Waals surface area contributed by atoms with E-state index in [4.69, 9.17) is 9.90 Å². The zero-order valence-corrected chi connectivity index (χ0v) is 10.2. The molecule has 1 aliphatic heterocycles. The van der Waals surface area contributed by atoms with Gasteiger partial charge in [-0.15, -0.1) is 11.8 Å². The third kappa shape index (κ3) is 1.74. The fraction of sp³-hybridized carbons (Fsp3) is 0.250. The van der Waals surface area contributed by atoms with Crippen molar-refractivity contribution in [2.45, 2.75) is 4.87 Å². The lowest BCUT2D eigenvalue weighted by molar-refractivity contribution is -0.122. The van der Waals surface area contributed by atoms with Crippen molar-refractivity contribution in [3.63, 3.8) is 0 Å². The first kappa shape index (κ1) is 12.8. The Morgan fingerprint density at radius 1 is 1.22 bits per heavy atom. The number of nitrogens with one attached hydrogen (secondary N) is 1. The molecular weight excluding hydrogens is 254 g/mol. The highest BCUT2D eigenvalue weighted by Crippen LogP contribution is 2.40. The van der Waals surface area contributed by atoms with Crippen molar-refractivity contribution in [2.75, 3.05) is 12.3 Å². The van der Waals surface area contributed by atoms with Crippen LogP contribution in [0.5, 0.6) is 0 Å². The van der Waals surface area contributed by atoms with Crippen LogP contribution >= 0.6 is 11.8 Å². The van der Waals surface area contributed by atoms with Gasteiger partial charge in [-0.05, 0) is 0 Å². The van der Waals surface area contributed by atoms with Crippen molar-refractivity contribution in [1.29, 1.82) is 0 Å². The molecule has 0 radical (unpaired) electrons. The van der Waals surface area contributed by atoms with Crippen LogP contribution in [0.4, 0.5) is 0 Å². The van der Waals surface area contributed by atoms with Gasteiger partial charge < -0.3 is 5.11 Å². The van der Waals surface area contributed by atoms with Crippen LogP contribution < -0.4 is 5.32 Å². The molecule has 94 valence electrons. The molecule has 3 rings (SSSR count). The second kappa shape index (κ2) is 4.91. The lowest BCUT2D eigenvalue weighted by atomic mass is 10.1. The highest BCUT2D eigenvalue weighted by molar-refractivity contribution is 8.02. The summed E-state index contributed by atoms with van der Waals surface area (Å²) in [5.41, 5.74) is 1.12. The molecule has 1 aromatic rings. The number of ketones is 2. The topological polar surface area (TPSA) is 83.5 Å². The fourth-order valence-electron chi connectivity index (χ4n) is 2.14. The largest absolute Gasteiger partial charge is 0.483 e. The number of benzene rings is 1. The van der Waals surface area contributed by atoms with Crippen molar-refractivity contribution in [2.24, 2.45) is 0 Å².